The lowest BCUT2D eigenvalue weighted by atomic mass is 9.64. The maximum absolute atomic E-state index is 14.1. The van der Waals surface area contributed by atoms with Gasteiger partial charge in [-0.2, -0.15) is 0 Å². The Bertz CT molecular complexity index is 513. The summed E-state index contributed by atoms with van der Waals surface area (Å²) in [6, 6.07) is 1.04. The van der Waals surface area contributed by atoms with Gasteiger partial charge in [0.2, 0.25) is 0 Å². The van der Waals surface area contributed by atoms with Gasteiger partial charge in [0.1, 0.15) is 0 Å². The summed E-state index contributed by atoms with van der Waals surface area (Å²) >= 11 is 5.65. The van der Waals surface area contributed by atoms with Crippen LogP contribution < -0.4 is 4.74 Å². The summed E-state index contributed by atoms with van der Waals surface area (Å²) < 4.78 is 32.2. The molecule has 98 valence electrons. The van der Waals surface area contributed by atoms with Crippen molar-refractivity contribution in [1.29, 1.82) is 0 Å². The second-order valence-electron chi connectivity index (χ2n) is 4.31. The van der Waals surface area contributed by atoms with E-state index < -0.39 is 28.8 Å². The first-order valence-corrected chi connectivity index (χ1v) is 5.77. The van der Waals surface area contributed by atoms with E-state index in [1.54, 1.807) is 0 Å². The maximum Gasteiger partial charge on any atom is 0.314 e. The molecule has 1 aliphatic carbocycles. The Morgan fingerprint density at radius 2 is 2.06 bits per heavy atom. The van der Waals surface area contributed by atoms with Crippen LogP contribution in [0.5, 0.6) is 5.75 Å². The summed E-state index contributed by atoms with van der Waals surface area (Å²) in [5.74, 6) is -3.76. The fourth-order valence-electron chi connectivity index (χ4n) is 2.24. The smallest absolute Gasteiger partial charge is 0.314 e. The summed E-state index contributed by atoms with van der Waals surface area (Å²) in [7, 11) is 1.11. The van der Waals surface area contributed by atoms with E-state index in [-0.39, 0.29) is 10.6 Å². The van der Waals surface area contributed by atoms with Crippen LogP contribution in [0.25, 0.3) is 0 Å². The molecule has 0 saturated heterocycles. The second kappa shape index (κ2) is 4.39. The van der Waals surface area contributed by atoms with Crippen molar-refractivity contribution in [3.63, 3.8) is 0 Å². The van der Waals surface area contributed by atoms with Crippen LogP contribution in [0.15, 0.2) is 6.07 Å². The number of carboxylic acid groups (broad SMARTS) is 1. The third-order valence-electron chi connectivity index (χ3n) is 3.45. The van der Waals surface area contributed by atoms with Gasteiger partial charge in [-0.1, -0.05) is 18.0 Å². The monoisotopic (exact) mass is 276 g/mol. The molecule has 1 aromatic rings. The predicted octanol–water partition coefficient (Wildman–Crippen LogP) is 3.13. The molecule has 0 aliphatic heterocycles. The minimum Gasteiger partial charge on any atom is -0.491 e. The van der Waals surface area contributed by atoms with E-state index in [0.29, 0.717) is 19.3 Å². The zero-order valence-electron chi connectivity index (χ0n) is 9.60. The molecule has 0 bridgehead atoms. The van der Waals surface area contributed by atoms with Gasteiger partial charge < -0.3 is 9.84 Å². The molecular formula is C12H11ClF2O3. The number of carbonyl (C=O) groups is 1. The Hall–Kier alpha value is -1.36. The molecule has 1 N–H and O–H groups in total. The van der Waals surface area contributed by atoms with Crippen LogP contribution in [-0.4, -0.2) is 18.2 Å². The van der Waals surface area contributed by atoms with E-state index in [1.807, 2.05) is 0 Å². The second-order valence-corrected chi connectivity index (χ2v) is 4.72. The normalized spacial score (nSPS) is 17.1. The van der Waals surface area contributed by atoms with Crippen molar-refractivity contribution in [2.24, 2.45) is 0 Å². The Kier molecular flexibility index (Phi) is 3.19. The quantitative estimate of drug-likeness (QED) is 0.863. The van der Waals surface area contributed by atoms with Crippen molar-refractivity contribution in [3.8, 4) is 5.75 Å². The third kappa shape index (κ3) is 1.65. The number of ether oxygens (including phenoxy) is 1. The van der Waals surface area contributed by atoms with Crippen molar-refractivity contribution in [3.05, 3.63) is 28.3 Å². The zero-order valence-corrected chi connectivity index (χ0v) is 10.4. The lowest BCUT2D eigenvalue weighted by Crippen LogP contribution is -2.43. The molecule has 1 saturated carbocycles. The molecular weight excluding hydrogens is 266 g/mol. The largest absolute Gasteiger partial charge is 0.491 e. The molecule has 3 nitrogen and oxygen atoms in total. The van der Waals surface area contributed by atoms with Crippen LogP contribution in [0, 0.1) is 11.6 Å². The van der Waals surface area contributed by atoms with Crippen molar-refractivity contribution >= 4 is 17.6 Å². The first-order chi connectivity index (χ1) is 8.44. The highest BCUT2D eigenvalue weighted by Crippen LogP contribution is 2.47. The van der Waals surface area contributed by atoms with Crippen molar-refractivity contribution in [2.45, 2.75) is 24.7 Å². The highest BCUT2D eigenvalue weighted by atomic mass is 35.5. The molecule has 0 radical (unpaired) electrons. The first-order valence-electron chi connectivity index (χ1n) is 5.39. The Morgan fingerprint density at radius 1 is 1.44 bits per heavy atom. The Labute approximate surface area is 107 Å². The summed E-state index contributed by atoms with van der Waals surface area (Å²) in [6.07, 6.45) is 1.30. The molecule has 2 rings (SSSR count). The van der Waals surface area contributed by atoms with Gasteiger partial charge in [-0.3, -0.25) is 4.79 Å². The van der Waals surface area contributed by atoms with Crippen LogP contribution in [0.4, 0.5) is 8.78 Å². The topological polar surface area (TPSA) is 46.5 Å². The van der Waals surface area contributed by atoms with Gasteiger partial charge in [0, 0.05) is 5.56 Å². The van der Waals surface area contributed by atoms with Crippen LogP contribution in [0.1, 0.15) is 24.8 Å². The van der Waals surface area contributed by atoms with Crippen LogP contribution in [0.2, 0.25) is 5.02 Å². The summed E-state index contributed by atoms with van der Waals surface area (Å²) in [4.78, 5) is 11.3. The van der Waals surface area contributed by atoms with Crippen molar-refractivity contribution in [2.75, 3.05) is 7.11 Å². The Morgan fingerprint density at radius 3 is 2.44 bits per heavy atom. The third-order valence-corrected chi connectivity index (χ3v) is 3.73. The highest BCUT2D eigenvalue weighted by Gasteiger charge is 2.48. The average molecular weight is 277 g/mol. The number of hydrogen-bond donors (Lipinski definition) is 1. The van der Waals surface area contributed by atoms with E-state index in [4.69, 9.17) is 11.6 Å². The molecule has 6 heteroatoms. The fraction of sp³-hybridized carbons (Fsp3) is 0.417. The number of benzene rings is 1. The molecule has 0 spiro atoms. The van der Waals surface area contributed by atoms with Crippen LogP contribution in [0.3, 0.4) is 0 Å². The zero-order chi connectivity index (χ0) is 13.5. The maximum atomic E-state index is 14.1. The van der Waals surface area contributed by atoms with Gasteiger partial charge in [-0.05, 0) is 18.9 Å². The lowest BCUT2D eigenvalue weighted by molar-refractivity contribution is -0.147. The predicted molar refractivity (Wildman–Crippen MR) is 61.1 cm³/mol. The lowest BCUT2D eigenvalue weighted by Gasteiger charge is -2.38. The molecule has 0 atom stereocenters. The number of carboxylic acids is 1. The number of rotatable bonds is 3. The van der Waals surface area contributed by atoms with Crippen molar-refractivity contribution in [1.82, 2.24) is 0 Å². The molecule has 0 unspecified atom stereocenters. The minimum absolute atomic E-state index is 0.107. The molecule has 0 amide bonds. The number of aliphatic carboxylic acids is 1. The Balaban J connectivity index is 2.65. The first kappa shape index (κ1) is 13.1. The van der Waals surface area contributed by atoms with Gasteiger partial charge in [-0.25, -0.2) is 8.78 Å². The van der Waals surface area contributed by atoms with Crippen molar-refractivity contribution < 1.29 is 23.4 Å². The van der Waals surface area contributed by atoms with Crippen LogP contribution >= 0.6 is 11.6 Å². The van der Waals surface area contributed by atoms with Gasteiger partial charge >= 0.3 is 5.97 Å². The molecule has 1 fully saturated rings. The van der Waals surface area contributed by atoms with E-state index in [9.17, 15) is 18.7 Å². The highest BCUT2D eigenvalue weighted by molar-refractivity contribution is 6.31. The van der Waals surface area contributed by atoms with E-state index in [2.05, 4.69) is 4.74 Å². The summed E-state index contributed by atoms with van der Waals surface area (Å²) in [6.45, 7) is 0. The van der Waals surface area contributed by atoms with E-state index >= 15 is 0 Å². The average Bonchev–Trinajstić information content (AvgIpc) is 2.24. The summed E-state index contributed by atoms with van der Waals surface area (Å²) in [5.41, 5.74) is -1.42. The summed E-state index contributed by atoms with van der Waals surface area (Å²) in [5, 5.41) is 8.90. The van der Waals surface area contributed by atoms with Gasteiger partial charge in [0.15, 0.2) is 17.4 Å². The molecule has 0 heterocycles. The van der Waals surface area contributed by atoms with Gasteiger partial charge in [0.25, 0.3) is 0 Å². The minimum atomic E-state index is -1.31. The van der Waals surface area contributed by atoms with Crippen LogP contribution in [-0.2, 0) is 10.2 Å². The van der Waals surface area contributed by atoms with E-state index in [0.717, 1.165) is 13.2 Å². The number of halogens is 3. The fourth-order valence-corrected chi connectivity index (χ4v) is 2.43. The molecule has 1 aromatic carbocycles. The number of hydrogen-bond acceptors (Lipinski definition) is 2. The van der Waals surface area contributed by atoms with Gasteiger partial charge in [0.05, 0.1) is 17.5 Å². The standard InChI is InChI=1S/C12H11ClF2O3/c1-18-10-8(14)6(5-7(13)9(10)15)12(11(16)17)3-2-4-12/h5H,2-4H2,1H3,(H,16,17). The number of methoxy groups -OCH3 is 1. The molecule has 18 heavy (non-hydrogen) atoms. The molecule has 0 aromatic heterocycles. The van der Waals surface area contributed by atoms with E-state index in [1.165, 1.54) is 0 Å². The van der Waals surface area contributed by atoms with Gasteiger partial charge in [-0.15, -0.1) is 0 Å². The SMILES string of the molecule is COc1c(F)c(Cl)cc(C2(C(=O)O)CCC2)c1F. The molecule has 1 aliphatic rings.